The van der Waals surface area contributed by atoms with E-state index in [9.17, 15) is 0 Å². The van der Waals surface area contributed by atoms with Crippen LogP contribution in [0.2, 0.25) is 0 Å². The van der Waals surface area contributed by atoms with Crippen LogP contribution < -0.4 is 0 Å². The van der Waals surface area contributed by atoms with Crippen LogP contribution in [0.1, 0.15) is 60.6 Å². The molecule has 3 aliphatic rings. The summed E-state index contributed by atoms with van der Waals surface area (Å²) >= 11 is 0. The molecule has 1 nitrogen and oxygen atoms in total. The fraction of sp³-hybridized carbons (Fsp3) is 0.171. The van der Waals surface area contributed by atoms with Gasteiger partial charge in [0, 0.05) is 16.2 Å². The summed E-state index contributed by atoms with van der Waals surface area (Å²) < 4.78 is 6.27. The highest BCUT2D eigenvalue weighted by atomic mass is 16.3. The zero-order valence-corrected chi connectivity index (χ0v) is 24.2. The minimum Gasteiger partial charge on any atom is -0.456 e. The second-order valence-electron chi connectivity index (χ2n) is 13.0. The fourth-order valence-corrected chi connectivity index (χ4v) is 8.43. The van der Waals surface area contributed by atoms with Crippen molar-refractivity contribution in [2.45, 2.75) is 38.0 Å². The van der Waals surface area contributed by atoms with Gasteiger partial charge in [0.25, 0.3) is 0 Å². The van der Waals surface area contributed by atoms with E-state index in [4.69, 9.17) is 4.42 Å². The largest absolute Gasteiger partial charge is 0.456 e. The molecule has 6 aromatic rings. The smallest absolute Gasteiger partial charge is 0.136 e. The van der Waals surface area contributed by atoms with Crippen molar-refractivity contribution in [2.75, 3.05) is 0 Å². The maximum atomic E-state index is 6.27. The van der Waals surface area contributed by atoms with Crippen molar-refractivity contribution in [1.82, 2.24) is 0 Å². The number of fused-ring (bicyclic) bond motifs is 11. The van der Waals surface area contributed by atoms with Gasteiger partial charge in [-0.3, -0.25) is 0 Å². The van der Waals surface area contributed by atoms with Gasteiger partial charge >= 0.3 is 0 Å². The second kappa shape index (κ2) is 8.23. The van der Waals surface area contributed by atoms with Crippen LogP contribution in [0.15, 0.2) is 131 Å². The lowest BCUT2D eigenvalue weighted by molar-refractivity contribution is 0.537. The minimum atomic E-state index is -0.284. The van der Waals surface area contributed by atoms with E-state index < -0.39 is 0 Å². The van der Waals surface area contributed by atoms with Crippen LogP contribution in [0.5, 0.6) is 0 Å². The lowest BCUT2D eigenvalue weighted by atomic mass is 9.54. The van der Waals surface area contributed by atoms with Gasteiger partial charge in [-0.05, 0) is 92.3 Å². The summed E-state index contributed by atoms with van der Waals surface area (Å²) in [5.74, 6) is 0.499. The first-order chi connectivity index (χ1) is 20.5. The van der Waals surface area contributed by atoms with Gasteiger partial charge < -0.3 is 4.42 Å². The molecule has 1 heteroatoms. The van der Waals surface area contributed by atoms with E-state index in [1.54, 1.807) is 5.57 Å². The molecule has 0 radical (unpaired) electrons. The Bertz CT molecular complexity index is 2120. The lowest BCUT2D eigenvalue weighted by Crippen LogP contribution is -2.41. The molecule has 1 unspecified atom stereocenters. The van der Waals surface area contributed by atoms with Crippen LogP contribution in [0.25, 0.3) is 38.6 Å². The van der Waals surface area contributed by atoms with Crippen molar-refractivity contribution in [2.24, 2.45) is 5.92 Å². The number of para-hydroxylation sites is 1. The van der Waals surface area contributed by atoms with Gasteiger partial charge in [0.15, 0.2) is 0 Å². The second-order valence-corrected chi connectivity index (χ2v) is 13.0. The maximum Gasteiger partial charge on any atom is 0.136 e. The van der Waals surface area contributed by atoms with Crippen molar-refractivity contribution in [3.63, 3.8) is 0 Å². The zero-order valence-electron chi connectivity index (χ0n) is 24.2. The van der Waals surface area contributed by atoms with Gasteiger partial charge in [-0.1, -0.05) is 118 Å². The fourth-order valence-electron chi connectivity index (χ4n) is 8.43. The molecular formula is C41H32O. The molecule has 0 N–H and O–H groups in total. The van der Waals surface area contributed by atoms with Crippen LogP contribution >= 0.6 is 0 Å². The van der Waals surface area contributed by atoms with E-state index in [1.165, 1.54) is 60.9 Å². The molecule has 0 saturated heterocycles. The van der Waals surface area contributed by atoms with E-state index >= 15 is 0 Å². The van der Waals surface area contributed by atoms with Gasteiger partial charge in [-0.15, -0.1) is 0 Å². The van der Waals surface area contributed by atoms with Gasteiger partial charge in [0.05, 0.1) is 5.41 Å². The molecule has 3 aliphatic carbocycles. The van der Waals surface area contributed by atoms with Crippen molar-refractivity contribution < 1.29 is 4.42 Å². The zero-order chi connectivity index (χ0) is 28.2. The highest BCUT2D eigenvalue weighted by molar-refractivity contribution is 6.06. The van der Waals surface area contributed by atoms with E-state index in [0.717, 1.165) is 17.6 Å². The van der Waals surface area contributed by atoms with Crippen molar-refractivity contribution >= 4 is 27.5 Å². The first kappa shape index (κ1) is 24.0. The summed E-state index contributed by atoms with van der Waals surface area (Å²) in [6, 6.07) is 40.6. The topological polar surface area (TPSA) is 13.1 Å². The Kier molecular flexibility index (Phi) is 4.71. The van der Waals surface area contributed by atoms with Gasteiger partial charge in [0.2, 0.25) is 0 Å². The van der Waals surface area contributed by atoms with Gasteiger partial charge in [-0.25, -0.2) is 0 Å². The Hall–Kier alpha value is -4.62. The molecule has 0 fully saturated rings. The van der Waals surface area contributed by atoms with Crippen LogP contribution in [0.4, 0.5) is 0 Å². The van der Waals surface area contributed by atoms with Gasteiger partial charge in [0.1, 0.15) is 11.2 Å². The quantitative estimate of drug-likeness (QED) is 0.202. The first-order valence-corrected chi connectivity index (χ1v) is 15.2. The van der Waals surface area contributed by atoms with E-state index in [1.807, 2.05) is 6.07 Å². The summed E-state index contributed by atoms with van der Waals surface area (Å²) in [6.07, 6.45) is 5.87. The summed E-state index contributed by atoms with van der Waals surface area (Å²) in [4.78, 5) is 0. The molecule has 0 bridgehead atoms. The molecule has 0 amide bonds. The Balaban J connectivity index is 1.32. The monoisotopic (exact) mass is 540 g/mol. The molecule has 5 aromatic carbocycles. The maximum absolute atomic E-state index is 6.27. The first-order valence-electron chi connectivity index (χ1n) is 15.2. The lowest BCUT2D eigenvalue weighted by Gasteiger charge is -2.48. The summed E-state index contributed by atoms with van der Waals surface area (Å²) in [6.45, 7) is 7.14. The summed E-state index contributed by atoms with van der Waals surface area (Å²) in [5, 5.41) is 2.34. The molecule has 42 heavy (non-hydrogen) atoms. The molecule has 0 saturated carbocycles. The molecule has 1 heterocycles. The summed E-state index contributed by atoms with van der Waals surface area (Å²) in [7, 11) is 0. The third-order valence-corrected chi connectivity index (χ3v) is 10.3. The van der Waals surface area contributed by atoms with Gasteiger partial charge in [-0.2, -0.15) is 0 Å². The molecule has 1 aromatic heterocycles. The van der Waals surface area contributed by atoms with Crippen LogP contribution in [0, 0.1) is 5.92 Å². The van der Waals surface area contributed by atoms with Crippen molar-refractivity contribution in [3.05, 3.63) is 160 Å². The minimum absolute atomic E-state index is 0.0695. The van der Waals surface area contributed by atoms with Crippen molar-refractivity contribution in [3.8, 4) is 11.1 Å². The summed E-state index contributed by atoms with van der Waals surface area (Å²) in [5.41, 5.74) is 15.4. The number of rotatable bonds is 1. The van der Waals surface area contributed by atoms with Crippen LogP contribution in [-0.4, -0.2) is 0 Å². The van der Waals surface area contributed by atoms with Crippen LogP contribution in [-0.2, 0) is 10.8 Å². The highest BCUT2D eigenvalue weighted by Crippen LogP contribution is 2.63. The van der Waals surface area contributed by atoms with E-state index in [-0.39, 0.29) is 10.8 Å². The Morgan fingerprint density at radius 1 is 0.619 bits per heavy atom. The standard InChI is InChI=1S/C41H32O/c1-25-16-19-28-31-23-26(27-17-20-30-29-10-4-9-15-38(29)42-39(30)24-27)18-21-32(31)41(37(28)22-25)35-13-7-5-11-33(35)40(2,3)34-12-6-8-14-36(34)41/h4-21,23-25H,22H2,1-3H3. The molecule has 1 atom stereocenters. The SMILES string of the molecule is CC1C=CC2=C(C1)C1(c3ccc(-c4ccc5c(c4)oc4ccccc45)cc32)c2ccccc2C(C)(C)c2ccccc21. The number of furan rings is 1. The van der Waals surface area contributed by atoms with Crippen LogP contribution in [0.3, 0.4) is 0 Å². The molecular weight excluding hydrogens is 508 g/mol. The molecule has 0 aliphatic heterocycles. The Morgan fingerprint density at radius 3 is 2.00 bits per heavy atom. The Morgan fingerprint density at radius 2 is 1.24 bits per heavy atom. The average molecular weight is 541 g/mol. The average Bonchev–Trinajstić information content (AvgIpc) is 3.53. The number of benzene rings is 5. The highest BCUT2D eigenvalue weighted by Gasteiger charge is 2.54. The number of hydrogen-bond donors (Lipinski definition) is 0. The molecule has 9 rings (SSSR count). The number of hydrogen-bond acceptors (Lipinski definition) is 1. The van der Waals surface area contributed by atoms with Crippen molar-refractivity contribution in [1.29, 1.82) is 0 Å². The van der Waals surface area contributed by atoms with E-state index in [2.05, 4.69) is 136 Å². The predicted octanol–water partition coefficient (Wildman–Crippen LogP) is 10.6. The normalized spacial score (nSPS) is 19.2. The molecule has 1 spiro atoms. The van der Waals surface area contributed by atoms with E-state index in [0.29, 0.717) is 5.92 Å². The third kappa shape index (κ3) is 2.93. The Labute approximate surface area is 246 Å². The predicted molar refractivity (Wildman–Crippen MR) is 174 cm³/mol. The molecule has 202 valence electrons. The number of allylic oxidation sites excluding steroid dienone is 4. The third-order valence-electron chi connectivity index (χ3n) is 10.3.